The molecule has 0 saturated heterocycles. The monoisotopic (exact) mass is 436 g/mol. The molecule has 0 fully saturated rings. The van der Waals surface area contributed by atoms with Crippen LogP contribution in [0.25, 0.3) is 0 Å². The number of aliphatic carboxylic acids is 1. The summed E-state index contributed by atoms with van der Waals surface area (Å²) < 4.78 is 0. The van der Waals surface area contributed by atoms with Crippen molar-refractivity contribution in [2.45, 2.75) is 141 Å². The Bertz CT molecular complexity index is 414. The first-order chi connectivity index (χ1) is 15.3. The fourth-order valence-corrected chi connectivity index (χ4v) is 3.89. The summed E-state index contributed by atoms with van der Waals surface area (Å²) in [5.74, 6) is -0.662. The number of allylic oxidation sites excluding steroid dienone is 4. The number of hydrogen-bond donors (Lipinski definition) is 2. The SMILES string of the molecule is O=C(O)CCCCCCCCCCCC/C=C/C/C=C/CCCCCCCCCCO. The van der Waals surface area contributed by atoms with Crippen LogP contribution in [0.1, 0.15) is 141 Å². The van der Waals surface area contributed by atoms with Crippen LogP contribution in [-0.4, -0.2) is 22.8 Å². The molecular weight excluding hydrogens is 384 g/mol. The second-order valence-electron chi connectivity index (χ2n) is 8.99. The first-order valence-corrected chi connectivity index (χ1v) is 13.4. The lowest BCUT2D eigenvalue weighted by Gasteiger charge is -2.01. The molecule has 0 aromatic rings. The fraction of sp³-hybridized carbons (Fsp3) is 0.821. The van der Waals surface area contributed by atoms with Crippen LogP contribution < -0.4 is 0 Å². The molecule has 3 nitrogen and oxygen atoms in total. The summed E-state index contributed by atoms with van der Waals surface area (Å²) >= 11 is 0. The predicted molar refractivity (Wildman–Crippen MR) is 135 cm³/mol. The Morgan fingerprint density at radius 1 is 0.484 bits per heavy atom. The van der Waals surface area contributed by atoms with Gasteiger partial charge in [0, 0.05) is 13.0 Å². The van der Waals surface area contributed by atoms with Crippen LogP contribution in [0, 0.1) is 0 Å². The molecule has 0 saturated carbocycles. The van der Waals surface area contributed by atoms with Crippen LogP contribution in [0.4, 0.5) is 0 Å². The predicted octanol–water partition coefficient (Wildman–Crippen LogP) is 8.76. The topological polar surface area (TPSA) is 57.5 Å². The lowest BCUT2D eigenvalue weighted by Crippen LogP contribution is -1.93. The van der Waals surface area contributed by atoms with Gasteiger partial charge in [0.05, 0.1) is 0 Å². The normalized spacial score (nSPS) is 11.8. The van der Waals surface area contributed by atoms with Gasteiger partial charge in [-0.3, -0.25) is 4.79 Å². The summed E-state index contributed by atoms with van der Waals surface area (Å²) in [7, 11) is 0. The molecule has 0 aromatic heterocycles. The number of unbranched alkanes of at least 4 members (excludes halogenated alkanes) is 18. The van der Waals surface area contributed by atoms with E-state index in [1.165, 1.54) is 109 Å². The number of carbonyl (C=O) groups is 1. The van der Waals surface area contributed by atoms with Gasteiger partial charge in [-0.15, -0.1) is 0 Å². The zero-order chi connectivity index (χ0) is 22.7. The van der Waals surface area contributed by atoms with E-state index < -0.39 is 5.97 Å². The van der Waals surface area contributed by atoms with Gasteiger partial charge in [0.25, 0.3) is 0 Å². The van der Waals surface area contributed by atoms with E-state index in [9.17, 15) is 4.79 Å². The number of carboxylic acids is 1. The number of carboxylic acid groups (broad SMARTS) is 1. The molecule has 182 valence electrons. The molecule has 0 amide bonds. The maximum absolute atomic E-state index is 10.4. The molecule has 0 heterocycles. The van der Waals surface area contributed by atoms with Gasteiger partial charge in [-0.2, -0.15) is 0 Å². The van der Waals surface area contributed by atoms with Gasteiger partial charge in [-0.25, -0.2) is 0 Å². The largest absolute Gasteiger partial charge is 0.481 e. The molecule has 0 aliphatic carbocycles. The Morgan fingerprint density at radius 2 is 0.839 bits per heavy atom. The lowest BCUT2D eigenvalue weighted by atomic mass is 10.1. The van der Waals surface area contributed by atoms with E-state index in [4.69, 9.17) is 10.2 Å². The molecule has 0 bridgehead atoms. The van der Waals surface area contributed by atoms with Crippen molar-refractivity contribution >= 4 is 5.97 Å². The van der Waals surface area contributed by atoms with Crippen molar-refractivity contribution in [1.29, 1.82) is 0 Å². The minimum absolute atomic E-state index is 0.332. The zero-order valence-electron chi connectivity index (χ0n) is 20.4. The molecule has 0 spiro atoms. The Hall–Kier alpha value is -1.09. The summed E-state index contributed by atoms with van der Waals surface area (Å²) in [5, 5.41) is 17.3. The minimum Gasteiger partial charge on any atom is -0.481 e. The minimum atomic E-state index is -0.662. The van der Waals surface area contributed by atoms with Crippen molar-refractivity contribution in [3.05, 3.63) is 24.3 Å². The summed E-state index contributed by atoms with van der Waals surface area (Å²) in [5.41, 5.74) is 0. The Morgan fingerprint density at radius 3 is 1.23 bits per heavy atom. The van der Waals surface area contributed by atoms with Gasteiger partial charge < -0.3 is 10.2 Å². The van der Waals surface area contributed by atoms with E-state index in [0.29, 0.717) is 13.0 Å². The second kappa shape index (κ2) is 26.9. The lowest BCUT2D eigenvalue weighted by molar-refractivity contribution is -0.137. The second-order valence-corrected chi connectivity index (χ2v) is 8.99. The molecule has 0 rings (SSSR count). The highest BCUT2D eigenvalue weighted by Crippen LogP contribution is 2.12. The highest BCUT2D eigenvalue weighted by atomic mass is 16.4. The average Bonchev–Trinajstić information content (AvgIpc) is 2.76. The van der Waals surface area contributed by atoms with Crippen LogP contribution in [-0.2, 0) is 4.79 Å². The summed E-state index contributed by atoms with van der Waals surface area (Å²) in [6, 6.07) is 0. The molecule has 3 heteroatoms. The van der Waals surface area contributed by atoms with Gasteiger partial charge >= 0.3 is 5.97 Å². The number of aliphatic hydroxyl groups is 1. The third-order valence-electron chi connectivity index (χ3n) is 5.90. The van der Waals surface area contributed by atoms with Gasteiger partial charge in [0.15, 0.2) is 0 Å². The third-order valence-corrected chi connectivity index (χ3v) is 5.90. The standard InChI is InChI=1S/C28H52O3/c29-27-25-23-21-19-17-15-13-11-9-7-5-3-1-2-4-6-8-10-12-14-16-18-20-22-24-26-28(30)31/h1-2,5,7,29H,3-4,6,8-27H2,(H,30,31)/b2-1+,7-5+. The summed E-state index contributed by atoms with van der Waals surface area (Å²) in [6.45, 7) is 0.351. The van der Waals surface area contributed by atoms with Crippen LogP contribution in [0.15, 0.2) is 24.3 Å². The Balaban J connectivity index is 3.16. The van der Waals surface area contributed by atoms with Crippen molar-refractivity contribution in [1.82, 2.24) is 0 Å². The van der Waals surface area contributed by atoms with Crippen LogP contribution in [0.2, 0.25) is 0 Å². The fourth-order valence-electron chi connectivity index (χ4n) is 3.89. The van der Waals surface area contributed by atoms with E-state index in [-0.39, 0.29) is 0 Å². The third kappa shape index (κ3) is 28.9. The molecule has 31 heavy (non-hydrogen) atoms. The zero-order valence-corrected chi connectivity index (χ0v) is 20.4. The van der Waals surface area contributed by atoms with Crippen LogP contribution in [0.3, 0.4) is 0 Å². The smallest absolute Gasteiger partial charge is 0.303 e. The Labute approximate surface area is 193 Å². The maximum Gasteiger partial charge on any atom is 0.303 e. The van der Waals surface area contributed by atoms with Crippen molar-refractivity contribution in [3.63, 3.8) is 0 Å². The summed E-state index contributed by atoms with van der Waals surface area (Å²) in [6.07, 6.45) is 35.7. The van der Waals surface area contributed by atoms with Crippen molar-refractivity contribution in [3.8, 4) is 0 Å². The Kier molecular flexibility index (Phi) is 26.0. The first kappa shape index (κ1) is 29.9. The van der Waals surface area contributed by atoms with E-state index in [1.54, 1.807) is 0 Å². The van der Waals surface area contributed by atoms with E-state index >= 15 is 0 Å². The first-order valence-electron chi connectivity index (χ1n) is 13.4. The molecule has 0 atom stereocenters. The van der Waals surface area contributed by atoms with E-state index in [0.717, 1.165) is 25.7 Å². The highest BCUT2D eigenvalue weighted by molar-refractivity contribution is 5.66. The van der Waals surface area contributed by atoms with Crippen molar-refractivity contribution in [2.75, 3.05) is 6.61 Å². The summed E-state index contributed by atoms with van der Waals surface area (Å²) in [4.78, 5) is 10.4. The average molecular weight is 437 g/mol. The number of aliphatic hydroxyl groups excluding tert-OH is 1. The molecule has 0 aliphatic heterocycles. The number of rotatable bonds is 25. The van der Waals surface area contributed by atoms with E-state index in [2.05, 4.69) is 24.3 Å². The molecule has 0 radical (unpaired) electrons. The molecule has 2 N–H and O–H groups in total. The molecule has 0 unspecified atom stereocenters. The van der Waals surface area contributed by atoms with Gasteiger partial charge in [-0.05, 0) is 44.9 Å². The number of hydrogen-bond acceptors (Lipinski definition) is 2. The molecular formula is C28H52O3. The molecule has 0 aliphatic rings. The van der Waals surface area contributed by atoms with Crippen LogP contribution >= 0.6 is 0 Å². The molecule has 0 aromatic carbocycles. The van der Waals surface area contributed by atoms with Crippen molar-refractivity contribution < 1.29 is 15.0 Å². The van der Waals surface area contributed by atoms with Gasteiger partial charge in [-0.1, -0.05) is 114 Å². The highest BCUT2D eigenvalue weighted by Gasteiger charge is 1.97. The quantitative estimate of drug-likeness (QED) is 0.111. The van der Waals surface area contributed by atoms with Crippen LogP contribution in [0.5, 0.6) is 0 Å². The van der Waals surface area contributed by atoms with Gasteiger partial charge in [0.2, 0.25) is 0 Å². The van der Waals surface area contributed by atoms with Gasteiger partial charge in [0.1, 0.15) is 0 Å². The van der Waals surface area contributed by atoms with Crippen molar-refractivity contribution in [2.24, 2.45) is 0 Å². The maximum atomic E-state index is 10.4. The van der Waals surface area contributed by atoms with E-state index in [1.807, 2.05) is 0 Å².